The molecule has 3 aromatic rings. The molecule has 0 aliphatic heterocycles. The fraction of sp³-hybridized carbons (Fsp3) is 0.158. The number of H-pyrrole nitrogens is 1. The van der Waals surface area contributed by atoms with Gasteiger partial charge in [-0.2, -0.15) is 13.2 Å². The zero-order valence-corrected chi connectivity index (χ0v) is 15.7. The number of anilines is 2. The molecule has 1 atom stereocenters. The number of nitrogens with one attached hydrogen (secondary N) is 3. The summed E-state index contributed by atoms with van der Waals surface area (Å²) in [5.41, 5.74) is 0.766. The second-order valence-electron chi connectivity index (χ2n) is 6.09. The van der Waals surface area contributed by atoms with E-state index in [2.05, 4.69) is 20.4 Å². The van der Waals surface area contributed by atoms with E-state index in [9.17, 15) is 22.8 Å². The van der Waals surface area contributed by atoms with E-state index in [1.807, 2.05) is 0 Å². The number of ether oxygens (including phenoxy) is 1. The van der Waals surface area contributed by atoms with Gasteiger partial charge in [0.1, 0.15) is 0 Å². The van der Waals surface area contributed by atoms with Crippen LogP contribution in [0.4, 0.5) is 29.3 Å². The Kier molecular flexibility index (Phi) is 5.69. The Morgan fingerprint density at radius 1 is 1.10 bits per heavy atom. The molecule has 0 saturated carbocycles. The Morgan fingerprint density at radius 2 is 1.79 bits per heavy atom. The number of fused-ring (bicyclic) bond motifs is 1. The summed E-state index contributed by atoms with van der Waals surface area (Å²) in [5.74, 6) is -3.87. The number of urea groups is 1. The van der Waals surface area contributed by atoms with E-state index in [4.69, 9.17) is 11.6 Å². The second-order valence-corrected chi connectivity index (χ2v) is 6.53. The summed E-state index contributed by atoms with van der Waals surface area (Å²) in [6.45, 7) is 0. The molecule has 6 nitrogen and oxygen atoms in total. The molecule has 0 aliphatic carbocycles. The Balaban J connectivity index is 1.88. The summed E-state index contributed by atoms with van der Waals surface area (Å²) >= 11 is 5.86. The summed E-state index contributed by atoms with van der Waals surface area (Å²) in [6, 6.07) is 10.2. The number of hydrogen-bond acceptors (Lipinski definition) is 3. The lowest BCUT2D eigenvalue weighted by Gasteiger charge is -2.17. The van der Waals surface area contributed by atoms with Gasteiger partial charge in [0.2, 0.25) is 0 Å². The van der Waals surface area contributed by atoms with Crippen LogP contribution in [-0.4, -0.2) is 30.3 Å². The summed E-state index contributed by atoms with van der Waals surface area (Å²) in [7, 11) is 0.892. The molecule has 29 heavy (non-hydrogen) atoms. The van der Waals surface area contributed by atoms with Crippen molar-refractivity contribution < 1.29 is 27.5 Å². The lowest BCUT2D eigenvalue weighted by atomic mass is 9.97. The molecule has 1 aromatic heterocycles. The largest absolute Gasteiger partial charge is 0.468 e. The molecule has 3 rings (SSSR count). The van der Waals surface area contributed by atoms with Gasteiger partial charge in [-0.3, -0.25) is 4.79 Å². The molecule has 0 fully saturated rings. The van der Waals surface area contributed by atoms with E-state index < -0.39 is 24.1 Å². The number of carbonyl (C=O) groups excluding carboxylic acids is 2. The number of rotatable bonds is 4. The Hall–Kier alpha value is -3.20. The number of aromatic nitrogens is 1. The number of halogens is 4. The van der Waals surface area contributed by atoms with Gasteiger partial charge in [0, 0.05) is 39.1 Å². The average molecular weight is 426 g/mol. The van der Waals surface area contributed by atoms with Crippen molar-refractivity contribution in [3.63, 3.8) is 0 Å². The van der Waals surface area contributed by atoms with Crippen molar-refractivity contribution in [2.24, 2.45) is 0 Å². The predicted octanol–water partition coefficient (Wildman–Crippen LogP) is 5.28. The molecule has 0 bridgehead atoms. The maximum Gasteiger partial charge on any atom is 0.406 e. The highest BCUT2D eigenvalue weighted by Crippen LogP contribution is 2.39. The first-order valence-electron chi connectivity index (χ1n) is 8.28. The van der Waals surface area contributed by atoms with Crippen LogP contribution in [0.1, 0.15) is 11.5 Å². The summed E-state index contributed by atoms with van der Waals surface area (Å²) in [6.07, 6.45) is -3.73. The van der Waals surface area contributed by atoms with Crippen molar-refractivity contribution in [1.29, 1.82) is 0 Å². The third-order valence-corrected chi connectivity index (χ3v) is 4.36. The summed E-state index contributed by atoms with van der Waals surface area (Å²) < 4.78 is 44.6. The third kappa shape index (κ3) is 4.62. The minimum absolute atomic E-state index is 0.137. The van der Waals surface area contributed by atoms with Crippen molar-refractivity contribution in [3.8, 4) is 0 Å². The zero-order valence-electron chi connectivity index (χ0n) is 14.9. The highest BCUT2D eigenvalue weighted by atomic mass is 35.5. The van der Waals surface area contributed by atoms with Crippen LogP contribution >= 0.6 is 11.6 Å². The number of hydrogen-bond donors (Lipinski definition) is 3. The van der Waals surface area contributed by atoms with Crippen LogP contribution in [0.2, 0.25) is 5.02 Å². The first kappa shape index (κ1) is 20.5. The van der Waals surface area contributed by atoms with E-state index >= 15 is 0 Å². The van der Waals surface area contributed by atoms with Crippen LogP contribution in [0.5, 0.6) is 0 Å². The average Bonchev–Trinajstić information content (AvgIpc) is 3.03. The van der Waals surface area contributed by atoms with Gasteiger partial charge in [-0.05, 0) is 36.4 Å². The Morgan fingerprint density at radius 3 is 2.41 bits per heavy atom. The lowest BCUT2D eigenvalue weighted by molar-refractivity contribution is -0.179. The van der Waals surface area contributed by atoms with Crippen molar-refractivity contribution in [1.82, 2.24) is 4.98 Å². The maximum atomic E-state index is 13.4. The smallest absolute Gasteiger partial charge is 0.406 e. The van der Waals surface area contributed by atoms with Gasteiger partial charge in [0.25, 0.3) is 0 Å². The molecule has 2 aromatic carbocycles. The molecule has 152 valence electrons. The van der Waals surface area contributed by atoms with Crippen molar-refractivity contribution in [2.75, 3.05) is 17.7 Å². The fourth-order valence-corrected chi connectivity index (χ4v) is 3.06. The SMILES string of the molecule is COC(=O)C(c1c[nH]c2ccc(NC(=O)Nc3cccc(Cl)c3)cc12)C(F)(F)F. The van der Waals surface area contributed by atoms with Gasteiger partial charge in [0.15, 0.2) is 5.92 Å². The monoisotopic (exact) mass is 425 g/mol. The Bertz CT molecular complexity index is 1070. The quantitative estimate of drug-likeness (QED) is 0.497. The highest BCUT2D eigenvalue weighted by molar-refractivity contribution is 6.30. The maximum absolute atomic E-state index is 13.4. The van der Waals surface area contributed by atoms with E-state index in [1.165, 1.54) is 18.2 Å². The predicted molar refractivity (Wildman–Crippen MR) is 103 cm³/mol. The van der Waals surface area contributed by atoms with Crippen LogP contribution in [0, 0.1) is 0 Å². The minimum Gasteiger partial charge on any atom is -0.468 e. The highest BCUT2D eigenvalue weighted by Gasteiger charge is 2.48. The molecular weight excluding hydrogens is 411 g/mol. The zero-order chi connectivity index (χ0) is 21.2. The topological polar surface area (TPSA) is 83.2 Å². The third-order valence-electron chi connectivity index (χ3n) is 4.13. The molecule has 0 saturated heterocycles. The Labute approximate surface area is 168 Å². The van der Waals surface area contributed by atoms with Gasteiger partial charge >= 0.3 is 18.2 Å². The first-order chi connectivity index (χ1) is 13.7. The van der Waals surface area contributed by atoms with Gasteiger partial charge in [0.05, 0.1) is 7.11 Å². The summed E-state index contributed by atoms with van der Waals surface area (Å²) in [5, 5.41) is 5.67. The van der Waals surface area contributed by atoms with Crippen LogP contribution in [-0.2, 0) is 9.53 Å². The lowest BCUT2D eigenvalue weighted by Crippen LogP contribution is -2.29. The molecule has 3 N–H and O–H groups in total. The number of alkyl halides is 3. The second kappa shape index (κ2) is 8.04. The number of methoxy groups -OCH3 is 1. The van der Waals surface area contributed by atoms with Gasteiger partial charge < -0.3 is 20.4 Å². The van der Waals surface area contributed by atoms with E-state index in [0.717, 1.165) is 13.3 Å². The number of benzene rings is 2. The normalized spacial score (nSPS) is 12.4. The minimum atomic E-state index is -4.84. The molecule has 0 aliphatic rings. The fourth-order valence-electron chi connectivity index (χ4n) is 2.87. The van der Waals surface area contributed by atoms with Gasteiger partial charge in [-0.1, -0.05) is 17.7 Å². The van der Waals surface area contributed by atoms with Crippen LogP contribution in [0.25, 0.3) is 10.9 Å². The van der Waals surface area contributed by atoms with Gasteiger partial charge in [-0.25, -0.2) is 4.79 Å². The molecule has 1 heterocycles. The molecule has 0 spiro atoms. The van der Waals surface area contributed by atoms with Crippen molar-refractivity contribution >= 4 is 45.9 Å². The molecule has 0 radical (unpaired) electrons. The van der Waals surface area contributed by atoms with Crippen LogP contribution in [0.15, 0.2) is 48.7 Å². The molecular formula is C19H15ClF3N3O3. The molecule has 1 unspecified atom stereocenters. The van der Waals surface area contributed by atoms with Crippen LogP contribution in [0.3, 0.4) is 0 Å². The molecule has 10 heteroatoms. The standard InChI is InChI=1S/C19H15ClF3N3O3/c1-29-17(27)16(19(21,22)23)14-9-24-15-6-5-12(8-13(14)15)26-18(28)25-11-4-2-3-10(20)7-11/h2-9,16,24H,1H3,(H2,25,26,28). The summed E-state index contributed by atoms with van der Waals surface area (Å²) in [4.78, 5) is 26.6. The van der Waals surface area contributed by atoms with Crippen molar-refractivity contribution in [2.45, 2.75) is 12.1 Å². The van der Waals surface area contributed by atoms with Crippen molar-refractivity contribution in [3.05, 3.63) is 59.2 Å². The number of amides is 2. The van der Waals surface area contributed by atoms with Gasteiger partial charge in [-0.15, -0.1) is 0 Å². The number of carbonyl (C=O) groups is 2. The van der Waals surface area contributed by atoms with E-state index in [-0.39, 0.29) is 16.6 Å². The van der Waals surface area contributed by atoms with Crippen LogP contribution < -0.4 is 10.6 Å². The van der Waals surface area contributed by atoms with E-state index in [0.29, 0.717) is 16.2 Å². The van der Waals surface area contributed by atoms with E-state index in [1.54, 1.807) is 24.3 Å². The number of aromatic amines is 1. The first-order valence-corrected chi connectivity index (χ1v) is 8.66. The number of esters is 1. The molecule has 2 amide bonds.